The Kier molecular flexibility index (Phi) is 7.22. The molecule has 0 radical (unpaired) electrons. The lowest BCUT2D eigenvalue weighted by Crippen LogP contribution is -2.58. The number of carbonyl (C=O) groups is 4. The molecule has 1 N–H and O–H groups in total. The number of fused-ring (bicyclic) bond motifs is 4. The van der Waals surface area contributed by atoms with Crippen molar-refractivity contribution in [1.29, 1.82) is 0 Å². The van der Waals surface area contributed by atoms with Gasteiger partial charge in [-0.15, -0.1) is 13.2 Å². The van der Waals surface area contributed by atoms with E-state index in [1.54, 1.807) is 73.7 Å². The van der Waals surface area contributed by atoms with Crippen molar-refractivity contribution in [2.75, 3.05) is 6.54 Å². The molecule has 1 saturated heterocycles. The van der Waals surface area contributed by atoms with Crippen LogP contribution in [0.15, 0.2) is 96.6 Å². The Hall–Kier alpha value is -4.99. The van der Waals surface area contributed by atoms with Gasteiger partial charge >= 0.3 is 6.36 Å². The van der Waals surface area contributed by atoms with Crippen molar-refractivity contribution in [3.63, 3.8) is 0 Å². The number of alkyl halides is 3. The molecule has 3 aromatic rings. The van der Waals surface area contributed by atoms with Crippen molar-refractivity contribution in [2.45, 2.75) is 37.5 Å². The molecule has 1 heterocycles. The van der Waals surface area contributed by atoms with Crippen LogP contribution in [-0.4, -0.2) is 46.3 Å². The summed E-state index contributed by atoms with van der Waals surface area (Å²) in [5, 5.41) is 11.4. The third kappa shape index (κ3) is 4.64. The van der Waals surface area contributed by atoms with Crippen molar-refractivity contribution < 1.29 is 42.2 Å². The summed E-state index contributed by atoms with van der Waals surface area (Å²) in [6, 6.07) is 20.4. The number of Topliss-reactive ketones (excluding diaryl/α,β-unsaturated/α-hetero) is 1. The molecule has 0 spiro atoms. The molecule has 2 amide bonds. The topological polar surface area (TPSA) is 101 Å². The number of benzene rings is 3. The van der Waals surface area contributed by atoms with E-state index in [4.69, 9.17) is 0 Å². The first-order chi connectivity index (χ1) is 22.5. The number of likely N-dealkylation sites (tertiary alicyclic amines) is 1. The van der Waals surface area contributed by atoms with Crippen LogP contribution in [-0.2, 0) is 24.6 Å². The number of phenolic OH excluding ortho intramolecular Hbond substituents is 1. The highest BCUT2D eigenvalue weighted by molar-refractivity contribution is 6.31. The van der Waals surface area contributed by atoms with E-state index >= 15 is 0 Å². The Morgan fingerprint density at radius 3 is 2.26 bits per heavy atom. The summed E-state index contributed by atoms with van der Waals surface area (Å²) in [7, 11) is 0. The lowest BCUT2D eigenvalue weighted by atomic mass is 9.44. The number of hydrogen-bond acceptors (Lipinski definition) is 6. The molecule has 4 aliphatic rings. The third-order valence-corrected chi connectivity index (χ3v) is 10.3. The van der Waals surface area contributed by atoms with Gasteiger partial charge in [-0.2, -0.15) is 0 Å². The van der Waals surface area contributed by atoms with E-state index in [9.17, 15) is 37.5 Å². The number of amides is 2. The average Bonchev–Trinajstić information content (AvgIpc) is 3.31. The van der Waals surface area contributed by atoms with Crippen LogP contribution in [0.25, 0.3) is 5.57 Å². The van der Waals surface area contributed by atoms with E-state index in [0.29, 0.717) is 16.7 Å². The summed E-state index contributed by atoms with van der Waals surface area (Å²) in [5.74, 6) is -6.98. The van der Waals surface area contributed by atoms with Crippen LogP contribution in [0.1, 0.15) is 42.4 Å². The molecule has 7 nitrogen and oxygen atoms in total. The highest BCUT2D eigenvalue weighted by Crippen LogP contribution is 2.64. The van der Waals surface area contributed by atoms with Crippen molar-refractivity contribution in [1.82, 2.24) is 4.90 Å². The first-order valence-electron chi connectivity index (χ1n) is 15.5. The summed E-state index contributed by atoms with van der Waals surface area (Å²) < 4.78 is 44.5. The molecule has 0 bridgehead atoms. The van der Waals surface area contributed by atoms with E-state index in [-0.39, 0.29) is 48.1 Å². The summed E-state index contributed by atoms with van der Waals surface area (Å²) in [6.45, 7) is 1.87. The van der Waals surface area contributed by atoms with Gasteiger partial charge in [0.15, 0.2) is 11.6 Å². The first-order valence-corrected chi connectivity index (χ1v) is 15.5. The van der Waals surface area contributed by atoms with Gasteiger partial charge in [-0.1, -0.05) is 72.3 Å². The van der Waals surface area contributed by atoms with Gasteiger partial charge in [-0.3, -0.25) is 24.1 Å². The molecule has 7 rings (SSSR count). The summed E-state index contributed by atoms with van der Waals surface area (Å²) in [4.78, 5) is 58.1. The van der Waals surface area contributed by atoms with E-state index < -0.39 is 58.6 Å². The number of phenols is 1. The predicted molar refractivity (Wildman–Crippen MR) is 164 cm³/mol. The van der Waals surface area contributed by atoms with Crippen LogP contribution >= 0.6 is 0 Å². The minimum Gasteiger partial charge on any atom is -0.508 e. The molecule has 2 fully saturated rings. The molecule has 3 aromatic carbocycles. The second-order valence-electron chi connectivity index (χ2n) is 12.5. The number of ketones is 2. The van der Waals surface area contributed by atoms with E-state index in [1.807, 2.05) is 0 Å². The number of allylic oxidation sites excluding steroid dienone is 4. The number of carbonyl (C=O) groups excluding carboxylic acids is 4. The van der Waals surface area contributed by atoms with Gasteiger partial charge in [0.25, 0.3) is 0 Å². The SMILES string of the molecule is CCN1C(=O)[C@H]2[C@H](CC=C3[C@H]2C[C@H]2C(=O)C(c4ccccc4)=CC(=O)[C@@]2(c2ccccc2)[C@H]3c2cc(OC(F)(F)F)ccc2O)C1=O. The van der Waals surface area contributed by atoms with Gasteiger partial charge in [0, 0.05) is 29.5 Å². The summed E-state index contributed by atoms with van der Waals surface area (Å²) in [5.41, 5.74) is -0.0492. The lowest BCUT2D eigenvalue weighted by Gasteiger charge is -2.55. The Labute approximate surface area is 268 Å². The number of nitrogens with zero attached hydrogens (tertiary/aromatic N) is 1. The fraction of sp³-hybridized carbons (Fsp3) is 0.297. The van der Waals surface area contributed by atoms with Crippen LogP contribution in [0.5, 0.6) is 11.5 Å². The van der Waals surface area contributed by atoms with Gasteiger partial charge < -0.3 is 9.84 Å². The van der Waals surface area contributed by atoms with Crippen molar-refractivity contribution in [2.24, 2.45) is 23.7 Å². The predicted octanol–water partition coefficient (Wildman–Crippen LogP) is 6.14. The van der Waals surface area contributed by atoms with Gasteiger partial charge in [0.05, 0.1) is 17.3 Å². The molecule has 10 heteroatoms. The van der Waals surface area contributed by atoms with Gasteiger partial charge in [0.2, 0.25) is 11.8 Å². The molecule has 47 heavy (non-hydrogen) atoms. The molecular formula is C37H30F3NO6. The van der Waals surface area contributed by atoms with Crippen LogP contribution in [0.4, 0.5) is 13.2 Å². The number of imide groups is 1. The molecule has 6 atom stereocenters. The molecule has 1 aliphatic heterocycles. The highest BCUT2D eigenvalue weighted by Gasteiger charge is 2.66. The zero-order valence-electron chi connectivity index (χ0n) is 25.2. The Morgan fingerprint density at radius 2 is 1.60 bits per heavy atom. The van der Waals surface area contributed by atoms with Crippen LogP contribution in [0, 0.1) is 23.7 Å². The molecular weight excluding hydrogens is 611 g/mol. The normalized spacial score (nSPS) is 28.7. The minimum absolute atomic E-state index is 0.0446. The average molecular weight is 642 g/mol. The first kappa shape index (κ1) is 30.7. The molecule has 0 unspecified atom stereocenters. The zero-order valence-corrected chi connectivity index (χ0v) is 25.2. The van der Waals surface area contributed by atoms with Gasteiger partial charge in [-0.05, 0) is 61.1 Å². The van der Waals surface area contributed by atoms with Gasteiger partial charge in [0.1, 0.15) is 11.5 Å². The second kappa shape index (κ2) is 11.1. The minimum atomic E-state index is -5.04. The van der Waals surface area contributed by atoms with Crippen molar-refractivity contribution in [3.05, 3.63) is 113 Å². The second-order valence-corrected chi connectivity index (χ2v) is 12.5. The fourth-order valence-electron chi connectivity index (χ4n) is 8.56. The monoisotopic (exact) mass is 641 g/mol. The molecule has 3 aliphatic carbocycles. The molecule has 240 valence electrons. The highest BCUT2D eigenvalue weighted by atomic mass is 19.4. The third-order valence-electron chi connectivity index (χ3n) is 10.3. The van der Waals surface area contributed by atoms with Crippen molar-refractivity contribution in [3.8, 4) is 11.5 Å². The Morgan fingerprint density at radius 1 is 0.915 bits per heavy atom. The van der Waals surface area contributed by atoms with E-state index in [2.05, 4.69) is 4.74 Å². The van der Waals surface area contributed by atoms with Crippen LogP contribution < -0.4 is 4.74 Å². The largest absolute Gasteiger partial charge is 0.573 e. The van der Waals surface area contributed by atoms with E-state index in [0.717, 1.165) is 18.2 Å². The van der Waals surface area contributed by atoms with Crippen molar-refractivity contribution >= 4 is 29.0 Å². The van der Waals surface area contributed by atoms with E-state index in [1.165, 1.54) is 11.0 Å². The molecule has 0 aromatic heterocycles. The smallest absolute Gasteiger partial charge is 0.508 e. The maximum absolute atomic E-state index is 14.9. The maximum Gasteiger partial charge on any atom is 0.573 e. The number of halogens is 3. The van der Waals surface area contributed by atoms with Crippen LogP contribution in [0.2, 0.25) is 0 Å². The van der Waals surface area contributed by atoms with Crippen LogP contribution in [0.3, 0.4) is 0 Å². The Bertz CT molecular complexity index is 1870. The fourth-order valence-corrected chi connectivity index (χ4v) is 8.56. The zero-order chi connectivity index (χ0) is 33.2. The quantitative estimate of drug-likeness (QED) is 0.266. The standard InChI is InChI=1S/C37H30F3NO6/c1-2-41-34(45)24-15-14-23-26(31(24)35(41)46)18-28-33(44)25(20-9-5-3-6-10-20)19-30(43)36(28,21-11-7-4-8-12-21)32(23)27-17-22(13-16-29(27)42)47-37(38,39)40/h3-14,16-17,19,24,26,28,31-32,42H,2,15,18H2,1H3/t24-,26+,28-,31-,32+,36-/m0/s1. The number of ether oxygens (including phenoxy) is 1. The van der Waals surface area contributed by atoms with Gasteiger partial charge in [-0.25, -0.2) is 0 Å². The lowest BCUT2D eigenvalue weighted by molar-refractivity contribution is -0.274. The summed E-state index contributed by atoms with van der Waals surface area (Å²) in [6.07, 6.45) is -1.74. The number of rotatable bonds is 5. The summed E-state index contributed by atoms with van der Waals surface area (Å²) >= 11 is 0. The number of hydrogen-bond donors (Lipinski definition) is 1. The molecule has 1 saturated carbocycles. The Balaban J connectivity index is 1.53. The number of aromatic hydroxyl groups is 1. The maximum atomic E-state index is 14.9.